The molecule has 2 heterocycles. The van der Waals surface area contributed by atoms with Crippen molar-refractivity contribution in [2.45, 2.75) is 44.6 Å². The molecule has 0 bridgehead atoms. The molecular formula is C16H29N3O. The fourth-order valence-electron chi connectivity index (χ4n) is 4.39. The first-order chi connectivity index (χ1) is 9.60. The molecule has 0 aromatic rings. The third kappa shape index (κ3) is 2.73. The Bertz CT molecular complexity index is 347. The monoisotopic (exact) mass is 279 g/mol. The van der Waals surface area contributed by atoms with Gasteiger partial charge in [0, 0.05) is 25.0 Å². The molecule has 4 heteroatoms. The highest BCUT2D eigenvalue weighted by Crippen LogP contribution is 2.52. The minimum atomic E-state index is 0.337. The lowest BCUT2D eigenvalue weighted by molar-refractivity contribution is -0.146. The molecule has 2 saturated heterocycles. The van der Waals surface area contributed by atoms with Crippen LogP contribution in [0.4, 0.5) is 0 Å². The van der Waals surface area contributed by atoms with Gasteiger partial charge in [-0.05, 0) is 71.1 Å². The van der Waals surface area contributed by atoms with E-state index in [2.05, 4.69) is 29.2 Å². The van der Waals surface area contributed by atoms with Crippen LogP contribution < -0.4 is 5.32 Å². The van der Waals surface area contributed by atoms with E-state index in [1.165, 1.54) is 12.8 Å². The Labute approximate surface area is 122 Å². The summed E-state index contributed by atoms with van der Waals surface area (Å²) >= 11 is 0. The van der Waals surface area contributed by atoms with Gasteiger partial charge in [-0.3, -0.25) is 4.79 Å². The largest absolute Gasteiger partial charge is 0.342 e. The number of carbonyl (C=O) groups is 1. The van der Waals surface area contributed by atoms with Gasteiger partial charge >= 0.3 is 0 Å². The second-order valence-corrected chi connectivity index (χ2v) is 7.38. The van der Waals surface area contributed by atoms with Crippen molar-refractivity contribution < 1.29 is 4.79 Å². The molecule has 0 aromatic heterocycles. The van der Waals surface area contributed by atoms with Gasteiger partial charge in [0.1, 0.15) is 0 Å². The summed E-state index contributed by atoms with van der Waals surface area (Å²) in [6, 6.07) is 0.663. The van der Waals surface area contributed by atoms with Crippen molar-refractivity contribution >= 4 is 5.91 Å². The van der Waals surface area contributed by atoms with Gasteiger partial charge in [-0.1, -0.05) is 0 Å². The van der Waals surface area contributed by atoms with Crippen molar-refractivity contribution in [3.8, 4) is 0 Å². The average Bonchev–Trinajstić information content (AvgIpc) is 2.45. The second kappa shape index (κ2) is 5.64. The van der Waals surface area contributed by atoms with Crippen LogP contribution in [-0.4, -0.2) is 62.0 Å². The highest BCUT2D eigenvalue weighted by Gasteiger charge is 2.48. The highest BCUT2D eigenvalue weighted by atomic mass is 16.2. The van der Waals surface area contributed by atoms with E-state index in [4.69, 9.17) is 0 Å². The number of likely N-dealkylation sites (tertiary alicyclic amines) is 1. The SMILES string of the molecule is CN(C)C1CCN(C(=O)C2CC3(CCNCC3)C2)CC1. The van der Waals surface area contributed by atoms with Gasteiger partial charge in [0.15, 0.2) is 0 Å². The van der Waals surface area contributed by atoms with Gasteiger partial charge in [0.2, 0.25) is 5.91 Å². The van der Waals surface area contributed by atoms with Crippen molar-refractivity contribution in [1.82, 2.24) is 15.1 Å². The Balaban J connectivity index is 1.47. The van der Waals surface area contributed by atoms with Crippen molar-refractivity contribution in [3.05, 3.63) is 0 Å². The number of carbonyl (C=O) groups excluding carboxylic acids is 1. The molecule has 1 spiro atoms. The maximum atomic E-state index is 12.6. The Morgan fingerprint density at radius 1 is 1.15 bits per heavy atom. The van der Waals surface area contributed by atoms with Crippen LogP contribution in [-0.2, 0) is 4.79 Å². The summed E-state index contributed by atoms with van der Waals surface area (Å²) in [5, 5.41) is 3.43. The van der Waals surface area contributed by atoms with Crippen molar-refractivity contribution in [2.75, 3.05) is 40.3 Å². The molecular weight excluding hydrogens is 250 g/mol. The summed E-state index contributed by atoms with van der Waals surface area (Å²) in [4.78, 5) is 17.0. The lowest BCUT2D eigenvalue weighted by atomic mass is 9.57. The quantitative estimate of drug-likeness (QED) is 0.828. The number of hydrogen-bond acceptors (Lipinski definition) is 3. The van der Waals surface area contributed by atoms with Crippen LogP contribution in [0, 0.1) is 11.3 Å². The number of piperidine rings is 2. The molecule has 0 unspecified atom stereocenters. The van der Waals surface area contributed by atoms with Crippen LogP contribution in [0.25, 0.3) is 0 Å². The van der Waals surface area contributed by atoms with Crippen molar-refractivity contribution in [3.63, 3.8) is 0 Å². The first-order valence-electron chi connectivity index (χ1n) is 8.26. The predicted octanol–water partition coefficient (Wildman–Crippen LogP) is 1.32. The zero-order valence-electron chi connectivity index (χ0n) is 13.0. The van der Waals surface area contributed by atoms with E-state index in [-0.39, 0.29) is 0 Å². The molecule has 20 heavy (non-hydrogen) atoms. The number of amides is 1. The molecule has 3 rings (SSSR count). The van der Waals surface area contributed by atoms with Gasteiger partial charge in [0.25, 0.3) is 0 Å². The average molecular weight is 279 g/mol. The van der Waals surface area contributed by atoms with Gasteiger partial charge in [0.05, 0.1) is 0 Å². The van der Waals surface area contributed by atoms with E-state index in [1.54, 1.807) is 0 Å². The van der Waals surface area contributed by atoms with Gasteiger partial charge in [-0.25, -0.2) is 0 Å². The molecule has 1 aliphatic carbocycles. The third-order valence-electron chi connectivity index (χ3n) is 5.88. The number of hydrogen-bond donors (Lipinski definition) is 1. The van der Waals surface area contributed by atoms with E-state index >= 15 is 0 Å². The summed E-state index contributed by atoms with van der Waals surface area (Å²) in [7, 11) is 4.30. The smallest absolute Gasteiger partial charge is 0.225 e. The lowest BCUT2D eigenvalue weighted by Crippen LogP contribution is -2.53. The maximum Gasteiger partial charge on any atom is 0.225 e. The zero-order valence-corrected chi connectivity index (χ0v) is 13.0. The van der Waals surface area contributed by atoms with Crippen LogP contribution in [0.1, 0.15) is 38.5 Å². The van der Waals surface area contributed by atoms with E-state index < -0.39 is 0 Å². The van der Waals surface area contributed by atoms with Gasteiger partial charge < -0.3 is 15.1 Å². The minimum absolute atomic E-state index is 0.337. The Morgan fingerprint density at radius 3 is 2.30 bits per heavy atom. The van der Waals surface area contributed by atoms with Crippen LogP contribution in [0.2, 0.25) is 0 Å². The normalized spacial score (nSPS) is 27.9. The first-order valence-corrected chi connectivity index (χ1v) is 8.26. The second-order valence-electron chi connectivity index (χ2n) is 7.38. The molecule has 0 atom stereocenters. The van der Waals surface area contributed by atoms with Gasteiger partial charge in [-0.2, -0.15) is 0 Å². The van der Waals surface area contributed by atoms with Crippen molar-refractivity contribution in [2.24, 2.45) is 11.3 Å². The molecule has 0 radical (unpaired) electrons. The highest BCUT2D eigenvalue weighted by molar-refractivity contribution is 5.80. The number of nitrogens with zero attached hydrogens (tertiary/aromatic N) is 2. The number of rotatable bonds is 2. The van der Waals surface area contributed by atoms with E-state index in [0.29, 0.717) is 23.3 Å². The molecule has 1 N–H and O–H groups in total. The van der Waals surface area contributed by atoms with Crippen LogP contribution in [0.15, 0.2) is 0 Å². The summed E-state index contributed by atoms with van der Waals surface area (Å²) in [6.07, 6.45) is 7.14. The molecule has 114 valence electrons. The van der Waals surface area contributed by atoms with Crippen molar-refractivity contribution in [1.29, 1.82) is 0 Å². The molecule has 3 fully saturated rings. The Morgan fingerprint density at radius 2 is 1.75 bits per heavy atom. The lowest BCUT2D eigenvalue weighted by Gasteiger charge is -2.51. The van der Waals surface area contributed by atoms with E-state index in [1.807, 2.05) is 0 Å². The Hall–Kier alpha value is -0.610. The molecule has 1 saturated carbocycles. The third-order valence-corrected chi connectivity index (χ3v) is 5.88. The summed E-state index contributed by atoms with van der Waals surface area (Å²) < 4.78 is 0. The van der Waals surface area contributed by atoms with E-state index in [9.17, 15) is 4.79 Å². The Kier molecular flexibility index (Phi) is 4.04. The van der Waals surface area contributed by atoms with E-state index in [0.717, 1.165) is 51.9 Å². The molecule has 1 amide bonds. The minimum Gasteiger partial charge on any atom is -0.342 e. The molecule has 3 aliphatic rings. The fraction of sp³-hybridized carbons (Fsp3) is 0.938. The maximum absolute atomic E-state index is 12.6. The molecule has 0 aromatic carbocycles. The predicted molar refractivity (Wildman–Crippen MR) is 80.5 cm³/mol. The number of nitrogens with one attached hydrogen (secondary N) is 1. The first kappa shape index (κ1) is 14.3. The summed E-state index contributed by atoms with van der Waals surface area (Å²) in [5.74, 6) is 0.787. The van der Waals surface area contributed by atoms with Crippen LogP contribution >= 0.6 is 0 Å². The standard InChI is InChI=1S/C16H29N3O/c1-18(2)14-3-9-19(10-4-14)15(20)13-11-16(12-13)5-7-17-8-6-16/h13-14,17H,3-12H2,1-2H3. The van der Waals surface area contributed by atoms with Crippen LogP contribution in [0.5, 0.6) is 0 Å². The van der Waals surface area contributed by atoms with Gasteiger partial charge in [-0.15, -0.1) is 0 Å². The van der Waals surface area contributed by atoms with Crippen LogP contribution in [0.3, 0.4) is 0 Å². The molecule has 2 aliphatic heterocycles. The fourth-order valence-corrected chi connectivity index (χ4v) is 4.39. The topological polar surface area (TPSA) is 35.6 Å². The molecule has 4 nitrogen and oxygen atoms in total. The summed E-state index contributed by atoms with van der Waals surface area (Å²) in [5.41, 5.74) is 0.521. The summed E-state index contributed by atoms with van der Waals surface area (Å²) in [6.45, 7) is 4.23. The zero-order chi connectivity index (χ0) is 14.2.